The molecule has 1 saturated heterocycles. The van der Waals surface area contributed by atoms with Gasteiger partial charge in [-0.25, -0.2) is 0 Å². The summed E-state index contributed by atoms with van der Waals surface area (Å²) in [5.74, 6) is -1.01. The first kappa shape index (κ1) is 11.9. The Labute approximate surface area is 99.8 Å². The van der Waals surface area contributed by atoms with Gasteiger partial charge in [0.05, 0.1) is 13.2 Å². The lowest BCUT2D eigenvalue weighted by Gasteiger charge is -2.29. The lowest BCUT2D eigenvalue weighted by Crippen LogP contribution is -2.36. The second kappa shape index (κ2) is 5.16. The van der Waals surface area contributed by atoms with Crippen LogP contribution in [-0.4, -0.2) is 37.4 Å². The lowest BCUT2D eigenvalue weighted by atomic mass is 10.1. The van der Waals surface area contributed by atoms with Crippen LogP contribution in [0.2, 0.25) is 0 Å². The Hall–Kier alpha value is -1.59. The Morgan fingerprint density at radius 2 is 1.88 bits per heavy atom. The maximum atomic E-state index is 10.7. The highest BCUT2D eigenvalue weighted by Crippen LogP contribution is 2.19. The standard InChI is InChI=1S/C12H16N2O3/c13-11(12(15)16)9-1-3-10(4-2-9)14-5-7-17-8-6-14/h1-4,11H,5-8,13H2,(H,15,16)/t11-/m0/s1. The Morgan fingerprint density at radius 3 is 2.41 bits per heavy atom. The van der Waals surface area contributed by atoms with Crippen molar-refractivity contribution >= 4 is 11.7 Å². The number of hydrogen-bond donors (Lipinski definition) is 2. The molecule has 2 rings (SSSR count). The SMILES string of the molecule is N[C@H](C(=O)O)c1ccc(N2CCOCC2)cc1. The molecule has 1 aromatic carbocycles. The van der Waals surface area contributed by atoms with Crippen LogP contribution in [0, 0.1) is 0 Å². The number of nitrogens with two attached hydrogens (primary N) is 1. The predicted molar refractivity (Wildman–Crippen MR) is 64.0 cm³/mol. The molecule has 5 heteroatoms. The van der Waals surface area contributed by atoms with Crippen LogP contribution in [0.3, 0.4) is 0 Å². The van der Waals surface area contributed by atoms with E-state index in [0.29, 0.717) is 5.56 Å². The quantitative estimate of drug-likeness (QED) is 0.804. The zero-order valence-electron chi connectivity index (χ0n) is 9.50. The molecule has 1 aliphatic heterocycles. The number of anilines is 1. The van der Waals surface area contributed by atoms with Gasteiger partial charge in [-0.3, -0.25) is 4.79 Å². The number of hydrogen-bond acceptors (Lipinski definition) is 4. The molecule has 0 amide bonds. The Balaban J connectivity index is 2.09. The van der Waals surface area contributed by atoms with Gasteiger partial charge in [-0.2, -0.15) is 0 Å². The van der Waals surface area contributed by atoms with E-state index in [9.17, 15) is 4.79 Å². The van der Waals surface area contributed by atoms with Crippen LogP contribution in [0.4, 0.5) is 5.69 Å². The fourth-order valence-electron chi connectivity index (χ4n) is 1.86. The highest BCUT2D eigenvalue weighted by atomic mass is 16.5. The van der Waals surface area contributed by atoms with E-state index in [1.807, 2.05) is 12.1 Å². The van der Waals surface area contributed by atoms with Gasteiger partial charge in [0.2, 0.25) is 0 Å². The monoisotopic (exact) mass is 236 g/mol. The van der Waals surface area contributed by atoms with Crippen molar-refractivity contribution in [3.63, 3.8) is 0 Å². The van der Waals surface area contributed by atoms with Gasteiger partial charge in [0.15, 0.2) is 0 Å². The summed E-state index contributed by atoms with van der Waals surface area (Å²) in [4.78, 5) is 12.9. The van der Waals surface area contributed by atoms with Gasteiger partial charge in [-0.15, -0.1) is 0 Å². The van der Waals surface area contributed by atoms with Crippen LogP contribution in [0.15, 0.2) is 24.3 Å². The van der Waals surface area contributed by atoms with Crippen molar-refractivity contribution in [3.8, 4) is 0 Å². The topological polar surface area (TPSA) is 75.8 Å². The molecule has 92 valence electrons. The van der Waals surface area contributed by atoms with E-state index < -0.39 is 12.0 Å². The molecular weight excluding hydrogens is 220 g/mol. The first-order chi connectivity index (χ1) is 8.18. The van der Waals surface area contributed by atoms with Gasteiger partial charge >= 0.3 is 5.97 Å². The van der Waals surface area contributed by atoms with Crippen LogP contribution in [0.1, 0.15) is 11.6 Å². The van der Waals surface area contributed by atoms with Crippen LogP contribution >= 0.6 is 0 Å². The minimum atomic E-state index is -1.01. The second-order valence-electron chi connectivity index (χ2n) is 4.01. The third-order valence-corrected chi connectivity index (χ3v) is 2.89. The smallest absolute Gasteiger partial charge is 0.325 e. The van der Waals surface area contributed by atoms with Gasteiger partial charge in [0.25, 0.3) is 0 Å². The van der Waals surface area contributed by atoms with Crippen molar-refractivity contribution in [2.75, 3.05) is 31.2 Å². The van der Waals surface area contributed by atoms with E-state index in [1.165, 1.54) is 0 Å². The van der Waals surface area contributed by atoms with Crippen molar-refractivity contribution in [1.29, 1.82) is 0 Å². The zero-order valence-corrected chi connectivity index (χ0v) is 9.50. The third-order valence-electron chi connectivity index (χ3n) is 2.89. The molecule has 17 heavy (non-hydrogen) atoms. The third kappa shape index (κ3) is 2.75. The largest absolute Gasteiger partial charge is 0.480 e. The first-order valence-corrected chi connectivity index (χ1v) is 5.59. The molecule has 0 radical (unpaired) electrons. The average molecular weight is 236 g/mol. The first-order valence-electron chi connectivity index (χ1n) is 5.59. The molecule has 1 fully saturated rings. The minimum absolute atomic E-state index is 0.620. The highest BCUT2D eigenvalue weighted by molar-refractivity contribution is 5.75. The maximum absolute atomic E-state index is 10.7. The van der Waals surface area contributed by atoms with Gasteiger partial charge in [0, 0.05) is 18.8 Å². The van der Waals surface area contributed by atoms with Gasteiger partial charge in [-0.05, 0) is 17.7 Å². The van der Waals surface area contributed by atoms with Crippen molar-refractivity contribution in [3.05, 3.63) is 29.8 Å². The van der Waals surface area contributed by atoms with Crippen LogP contribution in [-0.2, 0) is 9.53 Å². The number of rotatable bonds is 3. The number of nitrogens with zero attached hydrogens (tertiary/aromatic N) is 1. The van der Waals surface area contributed by atoms with Crippen LogP contribution in [0.5, 0.6) is 0 Å². The van der Waals surface area contributed by atoms with Crippen molar-refractivity contribution in [2.45, 2.75) is 6.04 Å². The average Bonchev–Trinajstić information content (AvgIpc) is 2.39. The second-order valence-corrected chi connectivity index (χ2v) is 4.01. The summed E-state index contributed by atoms with van der Waals surface area (Å²) in [6.45, 7) is 3.20. The number of carboxylic acids is 1. The Bertz CT molecular complexity index is 385. The Kier molecular flexibility index (Phi) is 3.61. The number of morpholine rings is 1. The van der Waals surface area contributed by atoms with Crippen molar-refractivity contribution in [2.24, 2.45) is 5.73 Å². The summed E-state index contributed by atoms with van der Waals surface area (Å²) in [7, 11) is 0. The van der Waals surface area contributed by atoms with Gasteiger partial charge in [-0.1, -0.05) is 12.1 Å². The van der Waals surface area contributed by atoms with Crippen LogP contribution < -0.4 is 10.6 Å². The van der Waals surface area contributed by atoms with E-state index in [2.05, 4.69) is 4.90 Å². The molecule has 0 aliphatic carbocycles. The van der Waals surface area contributed by atoms with Gasteiger partial charge in [0.1, 0.15) is 6.04 Å². The normalized spacial score (nSPS) is 17.8. The number of benzene rings is 1. The van der Waals surface area contributed by atoms with Gasteiger partial charge < -0.3 is 20.5 Å². The molecule has 0 bridgehead atoms. The molecule has 1 aliphatic rings. The molecule has 3 N–H and O–H groups in total. The fraction of sp³-hybridized carbons (Fsp3) is 0.417. The Morgan fingerprint density at radius 1 is 1.29 bits per heavy atom. The van der Waals surface area contributed by atoms with E-state index >= 15 is 0 Å². The number of aliphatic carboxylic acids is 1. The predicted octanol–water partition coefficient (Wildman–Crippen LogP) is 0.608. The summed E-state index contributed by atoms with van der Waals surface area (Å²) in [5.41, 5.74) is 7.23. The summed E-state index contributed by atoms with van der Waals surface area (Å²) < 4.78 is 5.28. The molecule has 1 atom stereocenters. The number of carboxylic acid groups (broad SMARTS) is 1. The van der Waals surface area contributed by atoms with Crippen LogP contribution in [0.25, 0.3) is 0 Å². The molecule has 0 spiro atoms. The van der Waals surface area contributed by atoms with E-state index in [4.69, 9.17) is 15.6 Å². The molecule has 1 heterocycles. The summed E-state index contributed by atoms with van der Waals surface area (Å²) >= 11 is 0. The zero-order chi connectivity index (χ0) is 12.3. The molecule has 5 nitrogen and oxygen atoms in total. The molecule has 0 aromatic heterocycles. The van der Waals surface area contributed by atoms with Crippen molar-refractivity contribution < 1.29 is 14.6 Å². The van der Waals surface area contributed by atoms with E-state index in [0.717, 1.165) is 32.0 Å². The minimum Gasteiger partial charge on any atom is -0.480 e. The molecule has 0 unspecified atom stereocenters. The molecule has 1 aromatic rings. The highest BCUT2D eigenvalue weighted by Gasteiger charge is 2.15. The van der Waals surface area contributed by atoms with E-state index in [1.54, 1.807) is 12.1 Å². The summed E-state index contributed by atoms with van der Waals surface area (Å²) in [6, 6.07) is 6.40. The number of ether oxygens (including phenoxy) is 1. The maximum Gasteiger partial charge on any atom is 0.325 e. The molecular formula is C12H16N2O3. The fourth-order valence-corrected chi connectivity index (χ4v) is 1.86. The lowest BCUT2D eigenvalue weighted by molar-refractivity contribution is -0.138. The molecule has 0 saturated carbocycles. The van der Waals surface area contributed by atoms with E-state index in [-0.39, 0.29) is 0 Å². The summed E-state index contributed by atoms with van der Waals surface area (Å²) in [5, 5.41) is 8.80. The van der Waals surface area contributed by atoms with Crippen molar-refractivity contribution in [1.82, 2.24) is 0 Å². The summed E-state index contributed by atoms with van der Waals surface area (Å²) in [6.07, 6.45) is 0. The number of carbonyl (C=O) groups is 1.